The van der Waals surface area contributed by atoms with Crippen LogP contribution in [0.25, 0.3) is 0 Å². The molecule has 1 aliphatic heterocycles. The first-order valence-electron chi connectivity index (χ1n) is 6.36. The lowest BCUT2D eigenvalue weighted by molar-refractivity contribution is -0.123. The number of carbonyl (C=O) groups is 1. The van der Waals surface area contributed by atoms with Crippen molar-refractivity contribution in [3.05, 3.63) is 21.6 Å². The van der Waals surface area contributed by atoms with Crippen molar-refractivity contribution in [2.45, 2.75) is 18.9 Å². The highest BCUT2D eigenvalue weighted by Gasteiger charge is 2.16. The Morgan fingerprint density at radius 1 is 1.50 bits per heavy atom. The number of ether oxygens (including phenoxy) is 1. The molecule has 1 fully saturated rings. The second-order valence-electron chi connectivity index (χ2n) is 4.59. The maximum Gasteiger partial charge on any atom is 0.250 e. The maximum atomic E-state index is 11.8. The lowest BCUT2D eigenvalue weighted by atomic mass is 10.1. The van der Waals surface area contributed by atoms with Crippen molar-refractivity contribution in [3.63, 3.8) is 0 Å². The normalized spacial score (nSPS) is 16.1. The smallest absolute Gasteiger partial charge is 0.250 e. The van der Waals surface area contributed by atoms with Gasteiger partial charge in [-0.15, -0.1) is 0 Å². The van der Waals surface area contributed by atoms with Crippen LogP contribution in [0, 0.1) is 0 Å². The van der Waals surface area contributed by atoms with E-state index in [1.807, 2.05) is 0 Å². The third-order valence-corrected chi connectivity index (χ3v) is 3.79. The van der Waals surface area contributed by atoms with Gasteiger partial charge in [-0.3, -0.25) is 4.79 Å². The van der Waals surface area contributed by atoms with E-state index in [0.29, 0.717) is 4.47 Å². The van der Waals surface area contributed by atoms with Gasteiger partial charge in [-0.25, -0.2) is 0 Å². The van der Waals surface area contributed by atoms with Crippen molar-refractivity contribution < 1.29 is 14.6 Å². The van der Waals surface area contributed by atoms with Gasteiger partial charge in [0.05, 0.1) is 11.1 Å². The highest BCUT2D eigenvalue weighted by molar-refractivity contribution is 9.10. The molecule has 0 aliphatic carbocycles. The minimum Gasteiger partial charge on any atom is -0.506 e. The van der Waals surface area contributed by atoms with Crippen LogP contribution in [-0.4, -0.2) is 36.8 Å². The van der Waals surface area contributed by atoms with Crippen molar-refractivity contribution in [2.75, 3.05) is 25.0 Å². The molecule has 0 unspecified atom stereocenters. The van der Waals surface area contributed by atoms with Crippen LogP contribution in [0.2, 0.25) is 5.02 Å². The molecule has 1 aliphatic rings. The van der Waals surface area contributed by atoms with Crippen LogP contribution in [0.5, 0.6) is 5.75 Å². The molecule has 5 nitrogen and oxygen atoms in total. The molecule has 1 saturated heterocycles. The van der Waals surface area contributed by atoms with Gasteiger partial charge in [0.2, 0.25) is 0 Å². The summed E-state index contributed by atoms with van der Waals surface area (Å²) in [4.78, 5) is 11.8. The van der Waals surface area contributed by atoms with Crippen molar-refractivity contribution >= 4 is 39.1 Å². The maximum absolute atomic E-state index is 11.8. The Hall–Kier alpha value is -0.820. The number of hydrogen-bond acceptors (Lipinski definition) is 4. The first-order chi connectivity index (χ1) is 9.56. The summed E-state index contributed by atoms with van der Waals surface area (Å²) in [6, 6.07) is 3.07. The van der Waals surface area contributed by atoms with E-state index in [-0.39, 0.29) is 35.1 Å². The van der Waals surface area contributed by atoms with Gasteiger partial charge in [-0.1, -0.05) is 27.5 Å². The third kappa shape index (κ3) is 4.34. The van der Waals surface area contributed by atoms with Gasteiger partial charge in [0.25, 0.3) is 5.91 Å². The van der Waals surface area contributed by atoms with Crippen LogP contribution in [0.4, 0.5) is 5.69 Å². The Kier molecular flexibility index (Phi) is 5.65. The summed E-state index contributed by atoms with van der Waals surface area (Å²) >= 11 is 9.18. The molecule has 0 aromatic heterocycles. The Morgan fingerprint density at radius 2 is 2.20 bits per heavy atom. The van der Waals surface area contributed by atoms with Crippen LogP contribution in [-0.2, 0) is 9.53 Å². The quantitative estimate of drug-likeness (QED) is 0.719. The molecule has 0 saturated carbocycles. The number of anilines is 1. The van der Waals surface area contributed by atoms with Crippen LogP contribution in [0.1, 0.15) is 12.8 Å². The number of benzene rings is 1. The van der Waals surface area contributed by atoms with Gasteiger partial charge in [-0.2, -0.15) is 0 Å². The van der Waals surface area contributed by atoms with Crippen LogP contribution >= 0.6 is 27.5 Å². The van der Waals surface area contributed by atoms with E-state index in [1.165, 1.54) is 6.07 Å². The van der Waals surface area contributed by atoms with E-state index < -0.39 is 0 Å². The molecule has 0 bridgehead atoms. The lowest BCUT2D eigenvalue weighted by Crippen LogP contribution is -2.34. The van der Waals surface area contributed by atoms with Crippen molar-refractivity contribution in [2.24, 2.45) is 0 Å². The van der Waals surface area contributed by atoms with Gasteiger partial charge in [0.15, 0.2) is 0 Å². The summed E-state index contributed by atoms with van der Waals surface area (Å²) in [6.07, 6.45) is 1.91. The number of phenolic OH excluding ortho intramolecular Hbond substituents is 1. The molecule has 1 amide bonds. The molecular formula is C13H16BrClN2O3. The first kappa shape index (κ1) is 15.6. The molecule has 0 atom stereocenters. The van der Waals surface area contributed by atoms with E-state index in [9.17, 15) is 9.90 Å². The largest absolute Gasteiger partial charge is 0.506 e. The zero-order valence-electron chi connectivity index (χ0n) is 10.8. The van der Waals surface area contributed by atoms with Crippen LogP contribution in [0.15, 0.2) is 16.6 Å². The molecule has 7 heteroatoms. The number of hydrogen-bond donors (Lipinski definition) is 3. The molecule has 0 spiro atoms. The fourth-order valence-electron chi connectivity index (χ4n) is 2.01. The van der Waals surface area contributed by atoms with Crippen molar-refractivity contribution in [3.8, 4) is 5.75 Å². The Morgan fingerprint density at radius 3 is 2.85 bits per heavy atom. The fraction of sp³-hybridized carbons (Fsp3) is 0.462. The summed E-state index contributed by atoms with van der Waals surface area (Å²) in [5.41, 5.74) is 0.203. The minimum absolute atomic E-state index is 0.0451. The topological polar surface area (TPSA) is 70.6 Å². The number of rotatable bonds is 4. The molecule has 1 heterocycles. The van der Waals surface area contributed by atoms with Crippen molar-refractivity contribution in [1.29, 1.82) is 0 Å². The number of aromatic hydroxyl groups is 1. The van der Waals surface area contributed by atoms with Crippen LogP contribution in [0.3, 0.4) is 0 Å². The van der Waals surface area contributed by atoms with E-state index >= 15 is 0 Å². The van der Waals surface area contributed by atoms with Gasteiger partial charge < -0.3 is 20.5 Å². The molecule has 1 aromatic carbocycles. The summed E-state index contributed by atoms with van der Waals surface area (Å²) in [5, 5.41) is 15.8. The summed E-state index contributed by atoms with van der Waals surface area (Å²) in [6.45, 7) is 1.77. The molecule has 1 aromatic rings. The monoisotopic (exact) mass is 362 g/mol. The number of halogens is 2. The highest BCUT2D eigenvalue weighted by Crippen LogP contribution is 2.34. The highest BCUT2D eigenvalue weighted by atomic mass is 79.9. The van der Waals surface area contributed by atoms with Gasteiger partial charge in [-0.05, 0) is 38.1 Å². The fourth-order valence-corrected chi connectivity index (χ4v) is 2.85. The Balaban J connectivity index is 1.88. The SMILES string of the molecule is O=C(COC1CCNCC1)Nc1c(O)cc(Br)cc1Cl. The van der Waals surface area contributed by atoms with E-state index in [0.717, 1.165) is 25.9 Å². The van der Waals surface area contributed by atoms with Crippen molar-refractivity contribution in [1.82, 2.24) is 5.32 Å². The number of nitrogens with one attached hydrogen (secondary N) is 2. The second kappa shape index (κ2) is 7.26. The van der Waals surface area contributed by atoms with E-state index in [1.54, 1.807) is 6.07 Å². The Bertz CT molecular complexity index is 469. The van der Waals surface area contributed by atoms with Gasteiger partial charge >= 0.3 is 0 Å². The number of carbonyl (C=O) groups excluding carboxylic acids is 1. The molecule has 110 valence electrons. The average Bonchev–Trinajstić information content (AvgIpc) is 2.42. The minimum atomic E-state index is -0.331. The zero-order valence-corrected chi connectivity index (χ0v) is 13.1. The number of phenols is 1. The predicted molar refractivity (Wildman–Crippen MR) is 81.3 cm³/mol. The summed E-state index contributed by atoms with van der Waals surface area (Å²) in [5.74, 6) is -0.414. The molecule has 3 N–H and O–H groups in total. The molecular weight excluding hydrogens is 348 g/mol. The standard InChI is InChI=1S/C13H16BrClN2O3/c14-8-5-10(15)13(11(18)6-8)17-12(19)7-20-9-1-3-16-4-2-9/h5-6,9,16,18H,1-4,7H2,(H,17,19). The average molecular weight is 364 g/mol. The third-order valence-electron chi connectivity index (χ3n) is 3.03. The van der Waals surface area contributed by atoms with Gasteiger partial charge in [0, 0.05) is 4.47 Å². The second-order valence-corrected chi connectivity index (χ2v) is 5.91. The molecule has 0 radical (unpaired) electrons. The summed E-state index contributed by atoms with van der Waals surface area (Å²) in [7, 11) is 0. The molecule has 20 heavy (non-hydrogen) atoms. The number of piperidine rings is 1. The zero-order chi connectivity index (χ0) is 14.5. The number of amides is 1. The summed E-state index contributed by atoms with van der Waals surface area (Å²) < 4.78 is 6.18. The van der Waals surface area contributed by atoms with E-state index in [4.69, 9.17) is 16.3 Å². The van der Waals surface area contributed by atoms with Gasteiger partial charge in [0.1, 0.15) is 18.0 Å². The van der Waals surface area contributed by atoms with Crippen LogP contribution < -0.4 is 10.6 Å². The lowest BCUT2D eigenvalue weighted by Gasteiger charge is -2.22. The van der Waals surface area contributed by atoms with E-state index in [2.05, 4.69) is 26.6 Å². The Labute approximate surface area is 130 Å². The first-order valence-corrected chi connectivity index (χ1v) is 7.53. The predicted octanol–water partition coefficient (Wildman–Crippen LogP) is 2.52. The molecule has 2 rings (SSSR count).